The number of carbonyl (C=O) groups is 1. The van der Waals surface area contributed by atoms with Gasteiger partial charge in [-0.15, -0.1) is 0 Å². The van der Waals surface area contributed by atoms with Crippen molar-refractivity contribution in [2.45, 2.75) is 6.54 Å². The molecule has 2 heterocycles. The largest absolute Gasteiger partial charge is 0.488 e. The van der Waals surface area contributed by atoms with Crippen LogP contribution in [0.25, 0.3) is 33.8 Å². The van der Waals surface area contributed by atoms with Crippen molar-refractivity contribution in [1.29, 1.82) is 0 Å². The normalized spacial score (nSPS) is 10.7. The van der Waals surface area contributed by atoms with Gasteiger partial charge in [0.25, 0.3) is 11.6 Å². The van der Waals surface area contributed by atoms with Gasteiger partial charge in [-0.05, 0) is 70.7 Å². The Hall–Kier alpha value is -5.06. The Morgan fingerprint density at radius 2 is 1.56 bits per heavy atom. The van der Waals surface area contributed by atoms with Gasteiger partial charge in [0.1, 0.15) is 5.69 Å². The molecule has 0 unspecified atom stereocenters. The molecule has 0 radical (unpaired) electrons. The van der Waals surface area contributed by atoms with E-state index in [1.165, 1.54) is 12.1 Å². The summed E-state index contributed by atoms with van der Waals surface area (Å²) in [7, 11) is -1.63. The molecular weight excluding hydrogens is 497 g/mol. The molecule has 192 valence electrons. The minimum absolute atomic E-state index is 0.00828. The van der Waals surface area contributed by atoms with Crippen molar-refractivity contribution in [1.82, 2.24) is 10.3 Å². The smallest absolute Gasteiger partial charge is 0.463 e. The van der Waals surface area contributed by atoms with E-state index >= 15 is 0 Å². The highest BCUT2D eigenvalue weighted by atomic mass is 16.6. The molecule has 5 rings (SSSR count). The van der Waals surface area contributed by atoms with Crippen LogP contribution < -0.4 is 10.8 Å². The zero-order valence-corrected chi connectivity index (χ0v) is 20.5. The van der Waals surface area contributed by atoms with Gasteiger partial charge in [0.2, 0.25) is 0 Å². The number of hydrogen-bond acceptors (Lipinski definition) is 7. The van der Waals surface area contributed by atoms with E-state index in [1.54, 1.807) is 66.9 Å². The van der Waals surface area contributed by atoms with Gasteiger partial charge in [-0.2, -0.15) is 0 Å². The number of pyridine rings is 1. The van der Waals surface area contributed by atoms with E-state index in [-0.39, 0.29) is 18.1 Å². The maximum Gasteiger partial charge on any atom is 0.488 e. The summed E-state index contributed by atoms with van der Waals surface area (Å²) in [5, 5.41) is 32.9. The predicted octanol–water partition coefficient (Wildman–Crippen LogP) is 4.19. The first kappa shape index (κ1) is 25.6. The average molecular weight is 519 g/mol. The summed E-state index contributed by atoms with van der Waals surface area (Å²) < 4.78 is 5.55. The maximum atomic E-state index is 12.8. The number of benzene rings is 3. The zero-order valence-electron chi connectivity index (χ0n) is 20.5. The molecule has 0 fully saturated rings. The van der Waals surface area contributed by atoms with Gasteiger partial charge in [0.15, 0.2) is 5.76 Å². The lowest BCUT2D eigenvalue weighted by atomic mass is 9.77. The number of rotatable bonds is 8. The molecule has 0 aliphatic carbocycles. The molecule has 1 amide bonds. The number of amides is 1. The molecule has 3 N–H and O–H groups in total. The van der Waals surface area contributed by atoms with Gasteiger partial charge < -0.3 is 19.8 Å². The molecular formula is C29H22BN3O6. The number of nitro benzene ring substituents is 1. The van der Waals surface area contributed by atoms with Crippen LogP contribution in [0.2, 0.25) is 0 Å². The van der Waals surface area contributed by atoms with Crippen molar-refractivity contribution in [2.75, 3.05) is 0 Å². The van der Waals surface area contributed by atoms with Crippen LogP contribution in [0.15, 0.2) is 108 Å². The van der Waals surface area contributed by atoms with Crippen molar-refractivity contribution in [2.24, 2.45) is 0 Å². The van der Waals surface area contributed by atoms with Crippen LogP contribution in [0.3, 0.4) is 0 Å². The lowest BCUT2D eigenvalue weighted by Crippen LogP contribution is -2.35. The van der Waals surface area contributed by atoms with E-state index < -0.39 is 12.0 Å². The van der Waals surface area contributed by atoms with Crippen molar-refractivity contribution < 1.29 is 24.2 Å². The van der Waals surface area contributed by atoms with Crippen molar-refractivity contribution >= 4 is 24.2 Å². The van der Waals surface area contributed by atoms with Crippen LogP contribution in [-0.2, 0) is 6.54 Å². The van der Waals surface area contributed by atoms with E-state index in [0.29, 0.717) is 39.3 Å². The quantitative estimate of drug-likeness (QED) is 0.159. The molecule has 2 aromatic heterocycles. The Morgan fingerprint density at radius 1 is 0.872 bits per heavy atom. The first-order chi connectivity index (χ1) is 18.9. The van der Waals surface area contributed by atoms with E-state index in [1.807, 2.05) is 24.3 Å². The van der Waals surface area contributed by atoms with Gasteiger partial charge in [0.05, 0.1) is 16.9 Å². The molecule has 0 aliphatic rings. The Kier molecular flexibility index (Phi) is 7.31. The van der Waals surface area contributed by atoms with Crippen LogP contribution >= 0.6 is 0 Å². The molecule has 0 bridgehead atoms. The Bertz CT molecular complexity index is 1620. The Labute approximate surface area is 223 Å². The highest BCUT2D eigenvalue weighted by molar-refractivity contribution is 6.59. The molecule has 9 nitrogen and oxygen atoms in total. The van der Waals surface area contributed by atoms with Crippen molar-refractivity contribution in [3.8, 4) is 33.8 Å². The van der Waals surface area contributed by atoms with E-state index in [0.717, 1.165) is 11.1 Å². The lowest BCUT2D eigenvalue weighted by molar-refractivity contribution is -0.384. The molecule has 39 heavy (non-hydrogen) atoms. The van der Waals surface area contributed by atoms with Gasteiger partial charge in [-0.3, -0.25) is 14.9 Å². The van der Waals surface area contributed by atoms with Crippen LogP contribution in [0, 0.1) is 10.1 Å². The summed E-state index contributed by atoms with van der Waals surface area (Å²) >= 11 is 0. The van der Waals surface area contributed by atoms with Gasteiger partial charge in [-0.1, -0.05) is 36.4 Å². The number of aromatic nitrogens is 1. The van der Waals surface area contributed by atoms with E-state index in [2.05, 4.69) is 5.32 Å². The number of nitro groups is 1. The first-order valence-corrected chi connectivity index (χ1v) is 12.0. The fourth-order valence-corrected chi connectivity index (χ4v) is 4.19. The number of hydrogen-bond donors (Lipinski definition) is 3. The maximum absolute atomic E-state index is 12.8. The molecule has 0 aliphatic heterocycles. The molecule has 0 spiro atoms. The monoisotopic (exact) mass is 519 g/mol. The summed E-state index contributed by atoms with van der Waals surface area (Å²) in [6.07, 6.45) is 1.56. The fourth-order valence-electron chi connectivity index (χ4n) is 4.19. The summed E-state index contributed by atoms with van der Waals surface area (Å²) in [6.45, 7) is 0.143. The third kappa shape index (κ3) is 5.77. The number of nitrogens with one attached hydrogen (secondary N) is 1. The molecule has 10 heteroatoms. The second-order valence-corrected chi connectivity index (χ2v) is 8.74. The lowest BCUT2D eigenvalue weighted by Gasteiger charge is -2.11. The number of non-ortho nitro benzene ring substituents is 1. The fraction of sp³-hybridized carbons (Fsp3) is 0.0345. The minimum Gasteiger partial charge on any atom is -0.463 e. The second-order valence-electron chi connectivity index (χ2n) is 8.74. The van der Waals surface area contributed by atoms with E-state index in [9.17, 15) is 25.0 Å². The minimum atomic E-state index is -1.63. The van der Waals surface area contributed by atoms with Gasteiger partial charge in [-0.25, -0.2) is 4.98 Å². The van der Waals surface area contributed by atoms with Crippen LogP contribution in [0.4, 0.5) is 5.69 Å². The number of nitrogens with zero attached hydrogens (tertiary/aromatic N) is 2. The third-order valence-corrected chi connectivity index (χ3v) is 6.23. The third-order valence-electron chi connectivity index (χ3n) is 6.23. The number of furan rings is 1. The standard InChI is InChI=1S/C29H22BN3O6/c34-29(31-18-22-4-1-2-5-25(22)30(35)36)21-9-7-19(8-10-21)23-16-26(20-11-13-24(14-12-20)33(37)38)32-27(17-23)28-6-3-15-39-28/h1-17,35-36H,18H2,(H,31,34). The zero-order chi connectivity index (χ0) is 27.4. The Morgan fingerprint density at radius 3 is 2.23 bits per heavy atom. The predicted molar refractivity (Wildman–Crippen MR) is 147 cm³/mol. The van der Waals surface area contributed by atoms with Gasteiger partial charge >= 0.3 is 7.12 Å². The van der Waals surface area contributed by atoms with Crippen LogP contribution in [0.1, 0.15) is 15.9 Å². The SMILES string of the molecule is O=C(NCc1ccccc1B(O)O)c1ccc(-c2cc(-c3ccc([N+](=O)[O-])cc3)nc(-c3ccco3)c2)cc1. The second kappa shape index (κ2) is 11.1. The molecule has 5 aromatic rings. The van der Waals surface area contributed by atoms with Crippen LogP contribution in [-0.4, -0.2) is 33.0 Å². The average Bonchev–Trinajstić information content (AvgIpc) is 3.51. The molecule has 0 saturated carbocycles. The Balaban J connectivity index is 1.41. The first-order valence-electron chi connectivity index (χ1n) is 12.0. The highest BCUT2D eigenvalue weighted by Gasteiger charge is 2.16. The van der Waals surface area contributed by atoms with Crippen molar-refractivity contribution in [3.63, 3.8) is 0 Å². The number of carbonyl (C=O) groups excluding carboxylic acids is 1. The summed E-state index contributed by atoms with van der Waals surface area (Å²) in [5.74, 6) is 0.269. The van der Waals surface area contributed by atoms with Crippen LogP contribution in [0.5, 0.6) is 0 Å². The summed E-state index contributed by atoms with van der Waals surface area (Å²) in [5.41, 5.74) is 4.95. The molecule has 0 atom stereocenters. The topological polar surface area (TPSA) is 139 Å². The van der Waals surface area contributed by atoms with E-state index in [4.69, 9.17) is 9.40 Å². The summed E-state index contributed by atoms with van der Waals surface area (Å²) in [4.78, 5) is 28.1. The summed E-state index contributed by atoms with van der Waals surface area (Å²) in [6, 6.07) is 27.3. The van der Waals surface area contributed by atoms with Gasteiger partial charge in [0, 0.05) is 29.8 Å². The highest BCUT2D eigenvalue weighted by Crippen LogP contribution is 2.31. The molecule has 0 saturated heterocycles. The van der Waals surface area contributed by atoms with Crippen molar-refractivity contribution in [3.05, 3.63) is 125 Å². The molecule has 3 aromatic carbocycles.